The maximum atomic E-state index is 14.2. The van der Waals surface area contributed by atoms with Crippen molar-refractivity contribution in [3.63, 3.8) is 0 Å². The highest BCUT2D eigenvalue weighted by molar-refractivity contribution is 5.37. The van der Waals surface area contributed by atoms with Crippen LogP contribution in [0.25, 0.3) is 0 Å². The van der Waals surface area contributed by atoms with Crippen LogP contribution in [0.4, 0.5) is 13.2 Å². The first-order chi connectivity index (χ1) is 10.1. The molecule has 2 aromatic rings. The first-order valence-corrected chi connectivity index (χ1v) is 6.59. The van der Waals surface area contributed by atoms with E-state index in [1.54, 1.807) is 6.07 Å². The standard InChI is InChI=1S/C16H16F3NO/c1-3-20-16(12-5-4-6-13(17)15(12)19)11-8-7-10(21-2)9-14(11)18/h4-9,16,20H,3H2,1-2H3. The zero-order valence-corrected chi connectivity index (χ0v) is 11.8. The van der Waals surface area contributed by atoms with Gasteiger partial charge in [-0.05, 0) is 18.7 Å². The van der Waals surface area contributed by atoms with Crippen molar-refractivity contribution in [2.24, 2.45) is 0 Å². The molecule has 21 heavy (non-hydrogen) atoms. The van der Waals surface area contributed by atoms with Gasteiger partial charge in [-0.15, -0.1) is 0 Å². The molecule has 2 rings (SSSR count). The van der Waals surface area contributed by atoms with Crippen molar-refractivity contribution in [2.45, 2.75) is 13.0 Å². The smallest absolute Gasteiger partial charge is 0.163 e. The minimum Gasteiger partial charge on any atom is -0.497 e. The molecule has 2 aromatic carbocycles. The maximum Gasteiger partial charge on any atom is 0.163 e. The van der Waals surface area contributed by atoms with Crippen LogP contribution >= 0.6 is 0 Å². The van der Waals surface area contributed by atoms with E-state index in [2.05, 4.69) is 5.32 Å². The zero-order chi connectivity index (χ0) is 15.4. The minimum atomic E-state index is -0.973. The number of methoxy groups -OCH3 is 1. The predicted octanol–water partition coefficient (Wildman–Crippen LogP) is 3.81. The summed E-state index contributed by atoms with van der Waals surface area (Å²) >= 11 is 0. The van der Waals surface area contributed by atoms with Gasteiger partial charge in [-0.25, -0.2) is 13.2 Å². The third-order valence-electron chi connectivity index (χ3n) is 3.22. The van der Waals surface area contributed by atoms with E-state index >= 15 is 0 Å². The van der Waals surface area contributed by atoms with E-state index in [1.165, 1.54) is 31.4 Å². The Balaban J connectivity index is 2.51. The Morgan fingerprint density at radius 2 is 1.81 bits per heavy atom. The highest BCUT2D eigenvalue weighted by atomic mass is 19.2. The second-order valence-corrected chi connectivity index (χ2v) is 4.52. The molecule has 0 radical (unpaired) electrons. The molecule has 0 saturated carbocycles. The van der Waals surface area contributed by atoms with Crippen LogP contribution in [0.15, 0.2) is 36.4 Å². The van der Waals surface area contributed by atoms with Gasteiger partial charge in [-0.1, -0.05) is 25.1 Å². The number of benzene rings is 2. The summed E-state index contributed by atoms with van der Waals surface area (Å²) in [6.07, 6.45) is 0. The lowest BCUT2D eigenvalue weighted by Gasteiger charge is -2.20. The van der Waals surface area contributed by atoms with Crippen LogP contribution in [0, 0.1) is 17.5 Å². The zero-order valence-electron chi connectivity index (χ0n) is 11.8. The molecule has 1 atom stereocenters. The van der Waals surface area contributed by atoms with Crippen LogP contribution in [0.3, 0.4) is 0 Å². The lowest BCUT2D eigenvalue weighted by molar-refractivity contribution is 0.409. The molecule has 0 bridgehead atoms. The monoisotopic (exact) mass is 295 g/mol. The quantitative estimate of drug-likeness (QED) is 0.905. The van der Waals surface area contributed by atoms with Gasteiger partial charge in [0.1, 0.15) is 11.6 Å². The van der Waals surface area contributed by atoms with E-state index < -0.39 is 23.5 Å². The fourth-order valence-corrected chi connectivity index (χ4v) is 2.20. The second-order valence-electron chi connectivity index (χ2n) is 4.52. The molecule has 112 valence electrons. The summed E-state index contributed by atoms with van der Waals surface area (Å²) in [5.74, 6) is -2.10. The number of ether oxygens (including phenoxy) is 1. The molecule has 0 fully saturated rings. The number of hydrogen-bond donors (Lipinski definition) is 1. The lowest BCUT2D eigenvalue weighted by atomic mass is 9.97. The van der Waals surface area contributed by atoms with Gasteiger partial charge in [0.2, 0.25) is 0 Å². The fraction of sp³-hybridized carbons (Fsp3) is 0.250. The number of hydrogen-bond acceptors (Lipinski definition) is 2. The Labute approximate surface area is 121 Å². The molecule has 0 amide bonds. The van der Waals surface area contributed by atoms with E-state index in [4.69, 9.17) is 4.74 Å². The van der Waals surface area contributed by atoms with Crippen molar-refractivity contribution in [1.82, 2.24) is 5.32 Å². The highest BCUT2D eigenvalue weighted by Gasteiger charge is 2.22. The molecule has 0 spiro atoms. The Morgan fingerprint density at radius 3 is 2.43 bits per heavy atom. The summed E-state index contributed by atoms with van der Waals surface area (Å²) < 4.78 is 46.5. The van der Waals surface area contributed by atoms with Crippen molar-refractivity contribution >= 4 is 0 Å². The van der Waals surface area contributed by atoms with Crippen molar-refractivity contribution in [1.29, 1.82) is 0 Å². The predicted molar refractivity (Wildman–Crippen MR) is 74.8 cm³/mol. The van der Waals surface area contributed by atoms with Gasteiger partial charge in [-0.3, -0.25) is 0 Å². The maximum absolute atomic E-state index is 14.2. The topological polar surface area (TPSA) is 21.3 Å². The first kappa shape index (κ1) is 15.4. The number of nitrogens with one attached hydrogen (secondary N) is 1. The van der Waals surface area contributed by atoms with E-state index in [-0.39, 0.29) is 11.1 Å². The molecule has 1 unspecified atom stereocenters. The van der Waals surface area contributed by atoms with Crippen molar-refractivity contribution in [2.75, 3.05) is 13.7 Å². The summed E-state index contributed by atoms with van der Waals surface area (Å²) in [4.78, 5) is 0. The van der Waals surface area contributed by atoms with Gasteiger partial charge in [0.05, 0.1) is 13.2 Å². The summed E-state index contributed by atoms with van der Waals surface area (Å²) in [6.45, 7) is 2.29. The van der Waals surface area contributed by atoms with E-state index in [0.717, 1.165) is 6.07 Å². The van der Waals surface area contributed by atoms with Crippen molar-refractivity contribution in [3.8, 4) is 5.75 Å². The van der Waals surface area contributed by atoms with Gasteiger partial charge >= 0.3 is 0 Å². The largest absolute Gasteiger partial charge is 0.497 e. The first-order valence-electron chi connectivity index (χ1n) is 6.59. The fourth-order valence-electron chi connectivity index (χ4n) is 2.20. The molecule has 0 saturated heterocycles. The van der Waals surface area contributed by atoms with Crippen LogP contribution in [0.2, 0.25) is 0 Å². The van der Waals surface area contributed by atoms with Crippen LogP contribution in [0.5, 0.6) is 5.75 Å². The Hall–Kier alpha value is -2.01. The van der Waals surface area contributed by atoms with Crippen LogP contribution in [-0.2, 0) is 0 Å². The molecule has 0 heterocycles. The summed E-state index contributed by atoms with van der Waals surface area (Å²) in [6, 6.07) is 7.42. The normalized spacial score (nSPS) is 12.2. The summed E-state index contributed by atoms with van der Waals surface area (Å²) in [7, 11) is 1.43. The van der Waals surface area contributed by atoms with Crippen molar-refractivity contribution in [3.05, 3.63) is 65.0 Å². The Kier molecular flexibility index (Phi) is 4.85. The average molecular weight is 295 g/mol. The van der Waals surface area contributed by atoms with Crippen LogP contribution in [-0.4, -0.2) is 13.7 Å². The number of halogens is 3. The SMILES string of the molecule is CCNC(c1ccc(OC)cc1F)c1cccc(F)c1F. The van der Waals surface area contributed by atoms with Gasteiger partial charge in [0.25, 0.3) is 0 Å². The van der Waals surface area contributed by atoms with Gasteiger partial charge in [0.15, 0.2) is 11.6 Å². The molecule has 0 aliphatic heterocycles. The summed E-state index contributed by atoms with van der Waals surface area (Å²) in [5.41, 5.74) is 0.308. The van der Waals surface area contributed by atoms with E-state index in [9.17, 15) is 13.2 Å². The van der Waals surface area contributed by atoms with E-state index in [0.29, 0.717) is 12.3 Å². The number of rotatable bonds is 5. The second kappa shape index (κ2) is 6.63. The molecule has 0 aliphatic carbocycles. The molecular weight excluding hydrogens is 279 g/mol. The molecule has 5 heteroatoms. The lowest BCUT2D eigenvalue weighted by Crippen LogP contribution is -2.24. The van der Waals surface area contributed by atoms with E-state index in [1.807, 2.05) is 6.92 Å². The summed E-state index contributed by atoms with van der Waals surface area (Å²) in [5, 5.41) is 2.97. The minimum absolute atomic E-state index is 0.0703. The van der Waals surface area contributed by atoms with Crippen molar-refractivity contribution < 1.29 is 17.9 Å². The Morgan fingerprint density at radius 1 is 1.05 bits per heavy atom. The Bertz CT molecular complexity index is 631. The molecule has 2 nitrogen and oxygen atoms in total. The third kappa shape index (κ3) is 3.19. The molecule has 0 aromatic heterocycles. The van der Waals surface area contributed by atoms with Gasteiger partial charge < -0.3 is 10.1 Å². The third-order valence-corrected chi connectivity index (χ3v) is 3.22. The van der Waals surface area contributed by atoms with Gasteiger partial charge in [0, 0.05) is 17.2 Å². The van der Waals surface area contributed by atoms with Crippen LogP contribution < -0.4 is 10.1 Å². The highest BCUT2D eigenvalue weighted by Crippen LogP contribution is 2.29. The van der Waals surface area contributed by atoms with Crippen LogP contribution in [0.1, 0.15) is 24.1 Å². The average Bonchev–Trinajstić information content (AvgIpc) is 2.48. The molecule has 0 aliphatic rings. The molecular formula is C16H16F3NO. The van der Waals surface area contributed by atoms with Gasteiger partial charge in [-0.2, -0.15) is 0 Å². The molecule has 1 N–H and O–H groups in total.